The van der Waals surface area contributed by atoms with E-state index in [-0.39, 0.29) is 0 Å². The van der Waals surface area contributed by atoms with Crippen LogP contribution in [0, 0.1) is 11.3 Å². The predicted molar refractivity (Wildman–Crippen MR) is 62.9 cm³/mol. The molecule has 1 heterocycles. The van der Waals surface area contributed by atoms with Gasteiger partial charge in [-0.2, -0.15) is 5.26 Å². The number of carbonyl (C=O) groups excluding carboxylic acids is 1. The first-order chi connectivity index (χ1) is 8.20. The van der Waals surface area contributed by atoms with Crippen molar-refractivity contribution in [3.8, 4) is 17.2 Å². The van der Waals surface area contributed by atoms with Gasteiger partial charge in [-0.3, -0.25) is 4.79 Å². The lowest BCUT2D eigenvalue weighted by molar-refractivity contribution is 0.100. The molecule has 2 rings (SSSR count). The molecule has 4 nitrogen and oxygen atoms in total. The summed E-state index contributed by atoms with van der Waals surface area (Å²) in [7, 11) is 0. The van der Waals surface area contributed by atoms with E-state index in [4.69, 9.17) is 11.0 Å². The molecule has 0 spiro atoms. The zero-order chi connectivity index (χ0) is 12.3. The van der Waals surface area contributed by atoms with Crippen LogP contribution in [0.4, 0.5) is 0 Å². The lowest BCUT2D eigenvalue weighted by Crippen LogP contribution is -2.10. The summed E-state index contributed by atoms with van der Waals surface area (Å²) in [5.41, 5.74) is 7.77. The van der Waals surface area contributed by atoms with E-state index in [9.17, 15) is 4.79 Å². The lowest BCUT2D eigenvalue weighted by atomic mass is 10.0. The van der Waals surface area contributed by atoms with E-state index < -0.39 is 5.91 Å². The van der Waals surface area contributed by atoms with Crippen LogP contribution >= 0.6 is 0 Å². The third-order valence-electron chi connectivity index (χ3n) is 2.38. The third kappa shape index (κ3) is 2.29. The van der Waals surface area contributed by atoms with Gasteiger partial charge in [0.15, 0.2) is 0 Å². The number of nitrogens with zero attached hydrogens (tertiary/aromatic N) is 2. The number of benzene rings is 1. The second kappa shape index (κ2) is 4.45. The minimum absolute atomic E-state index is 0.362. The van der Waals surface area contributed by atoms with Gasteiger partial charge in [-0.1, -0.05) is 12.1 Å². The van der Waals surface area contributed by atoms with Crippen LogP contribution in [0.2, 0.25) is 0 Å². The molecule has 17 heavy (non-hydrogen) atoms. The first-order valence-electron chi connectivity index (χ1n) is 4.97. The third-order valence-corrected chi connectivity index (χ3v) is 2.38. The Labute approximate surface area is 98.3 Å². The van der Waals surface area contributed by atoms with Gasteiger partial charge in [-0.05, 0) is 35.4 Å². The number of pyridine rings is 1. The minimum Gasteiger partial charge on any atom is -0.366 e. The highest BCUT2D eigenvalue weighted by molar-refractivity contribution is 5.93. The fourth-order valence-corrected chi connectivity index (χ4v) is 1.50. The van der Waals surface area contributed by atoms with E-state index in [0.29, 0.717) is 11.3 Å². The van der Waals surface area contributed by atoms with E-state index in [1.807, 2.05) is 6.07 Å². The average Bonchev–Trinajstić information content (AvgIpc) is 2.39. The van der Waals surface area contributed by atoms with Crippen LogP contribution in [-0.4, -0.2) is 10.9 Å². The van der Waals surface area contributed by atoms with E-state index >= 15 is 0 Å². The molecule has 4 heteroatoms. The molecule has 0 atom stereocenters. The van der Waals surface area contributed by atoms with Gasteiger partial charge in [0, 0.05) is 11.8 Å². The number of nitrogens with two attached hydrogens (primary N) is 1. The number of primary amides is 1. The SMILES string of the molecule is N#Cc1cc(-c2ccc(C(N)=O)cc2)ccn1. The van der Waals surface area contributed by atoms with E-state index in [1.54, 1.807) is 42.6 Å². The van der Waals surface area contributed by atoms with Crippen molar-refractivity contribution in [1.29, 1.82) is 5.26 Å². The molecule has 0 aliphatic carbocycles. The summed E-state index contributed by atoms with van der Waals surface area (Å²) in [6, 6.07) is 12.4. The van der Waals surface area contributed by atoms with E-state index in [2.05, 4.69) is 4.98 Å². The Bertz CT molecular complexity index is 597. The predicted octanol–water partition coefficient (Wildman–Crippen LogP) is 1.72. The smallest absolute Gasteiger partial charge is 0.248 e. The van der Waals surface area contributed by atoms with Crippen LogP contribution in [0.1, 0.15) is 16.1 Å². The Hall–Kier alpha value is -2.67. The standard InChI is InChI=1S/C13H9N3O/c14-8-12-7-11(5-6-16-12)9-1-3-10(4-2-9)13(15)17/h1-7H,(H2,15,17). The molecular formula is C13H9N3O. The van der Waals surface area contributed by atoms with Crippen molar-refractivity contribution in [2.45, 2.75) is 0 Å². The number of hydrogen-bond donors (Lipinski definition) is 1. The summed E-state index contributed by atoms with van der Waals surface area (Å²) in [4.78, 5) is 14.8. The molecule has 0 radical (unpaired) electrons. The molecule has 0 fully saturated rings. The maximum Gasteiger partial charge on any atom is 0.248 e. The van der Waals surface area contributed by atoms with Gasteiger partial charge < -0.3 is 5.73 Å². The summed E-state index contributed by atoms with van der Waals surface area (Å²) in [5.74, 6) is -0.455. The Morgan fingerprint density at radius 3 is 2.47 bits per heavy atom. The van der Waals surface area contributed by atoms with Gasteiger partial charge in [0.2, 0.25) is 5.91 Å². The number of amides is 1. The van der Waals surface area contributed by atoms with Gasteiger partial charge in [0.1, 0.15) is 11.8 Å². The van der Waals surface area contributed by atoms with E-state index in [0.717, 1.165) is 11.1 Å². The normalized spacial score (nSPS) is 9.59. The summed E-state index contributed by atoms with van der Waals surface area (Å²) >= 11 is 0. The lowest BCUT2D eigenvalue weighted by Gasteiger charge is -2.02. The van der Waals surface area contributed by atoms with Crippen LogP contribution in [-0.2, 0) is 0 Å². The number of rotatable bonds is 2. The molecular weight excluding hydrogens is 214 g/mol. The Morgan fingerprint density at radius 2 is 1.88 bits per heavy atom. The largest absolute Gasteiger partial charge is 0.366 e. The molecule has 0 saturated heterocycles. The zero-order valence-electron chi connectivity index (χ0n) is 8.92. The molecule has 0 unspecified atom stereocenters. The molecule has 2 aromatic rings. The topological polar surface area (TPSA) is 79.8 Å². The van der Waals surface area contributed by atoms with Gasteiger partial charge in [-0.25, -0.2) is 4.98 Å². The first kappa shape index (κ1) is 10.8. The van der Waals surface area contributed by atoms with Crippen molar-refractivity contribution in [3.05, 3.63) is 53.9 Å². The zero-order valence-corrected chi connectivity index (χ0v) is 8.92. The van der Waals surface area contributed by atoms with Gasteiger partial charge in [-0.15, -0.1) is 0 Å². The number of nitriles is 1. The summed E-state index contributed by atoms with van der Waals surface area (Å²) in [6.45, 7) is 0. The summed E-state index contributed by atoms with van der Waals surface area (Å²) < 4.78 is 0. The molecule has 0 saturated carbocycles. The number of carbonyl (C=O) groups is 1. The summed E-state index contributed by atoms with van der Waals surface area (Å²) in [5, 5.41) is 8.75. The van der Waals surface area contributed by atoms with Gasteiger partial charge in [0.05, 0.1) is 0 Å². The van der Waals surface area contributed by atoms with Crippen LogP contribution in [0.3, 0.4) is 0 Å². The monoisotopic (exact) mass is 223 g/mol. The highest BCUT2D eigenvalue weighted by Gasteiger charge is 2.02. The quantitative estimate of drug-likeness (QED) is 0.841. The molecule has 82 valence electrons. The Kier molecular flexibility index (Phi) is 2.84. The molecule has 1 aromatic heterocycles. The number of aromatic nitrogens is 1. The van der Waals surface area contributed by atoms with Gasteiger partial charge >= 0.3 is 0 Å². The van der Waals surface area contributed by atoms with Crippen LogP contribution in [0.25, 0.3) is 11.1 Å². The Morgan fingerprint density at radius 1 is 1.18 bits per heavy atom. The van der Waals surface area contributed by atoms with Crippen molar-refractivity contribution >= 4 is 5.91 Å². The molecule has 2 N–H and O–H groups in total. The average molecular weight is 223 g/mol. The highest BCUT2D eigenvalue weighted by atomic mass is 16.1. The molecule has 1 aromatic carbocycles. The summed E-state index contributed by atoms with van der Waals surface area (Å²) in [6.07, 6.45) is 1.58. The molecule has 1 amide bonds. The van der Waals surface area contributed by atoms with Crippen molar-refractivity contribution in [2.24, 2.45) is 5.73 Å². The second-order valence-electron chi connectivity index (χ2n) is 3.48. The Balaban J connectivity index is 2.40. The maximum absolute atomic E-state index is 10.9. The van der Waals surface area contributed by atoms with Crippen LogP contribution < -0.4 is 5.73 Å². The molecule has 0 aliphatic heterocycles. The molecule has 0 aliphatic rings. The minimum atomic E-state index is -0.455. The second-order valence-corrected chi connectivity index (χ2v) is 3.48. The van der Waals surface area contributed by atoms with E-state index in [1.165, 1.54) is 0 Å². The van der Waals surface area contributed by atoms with Crippen molar-refractivity contribution in [2.75, 3.05) is 0 Å². The maximum atomic E-state index is 10.9. The highest BCUT2D eigenvalue weighted by Crippen LogP contribution is 2.19. The first-order valence-corrected chi connectivity index (χ1v) is 4.97. The van der Waals surface area contributed by atoms with Crippen LogP contribution in [0.15, 0.2) is 42.6 Å². The fourth-order valence-electron chi connectivity index (χ4n) is 1.50. The van der Waals surface area contributed by atoms with Crippen molar-refractivity contribution in [1.82, 2.24) is 4.98 Å². The van der Waals surface area contributed by atoms with Crippen molar-refractivity contribution in [3.63, 3.8) is 0 Å². The number of hydrogen-bond acceptors (Lipinski definition) is 3. The van der Waals surface area contributed by atoms with Gasteiger partial charge in [0.25, 0.3) is 0 Å². The fraction of sp³-hybridized carbons (Fsp3) is 0. The van der Waals surface area contributed by atoms with Crippen molar-refractivity contribution < 1.29 is 4.79 Å². The molecule has 0 bridgehead atoms. The van der Waals surface area contributed by atoms with Crippen LogP contribution in [0.5, 0.6) is 0 Å².